The van der Waals surface area contributed by atoms with Crippen molar-refractivity contribution in [3.8, 4) is 0 Å². The summed E-state index contributed by atoms with van der Waals surface area (Å²) < 4.78 is 4.92. The second kappa shape index (κ2) is 3.25. The summed E-state index contributed by atoms with van der Waals surface area (Å²) in [5.41, 5.74) is 0. The maximum atomic E-state index is 10.6. The first kappa shape index (κ1) is 7.12. The number of hydrogen-bond acceptors (Lipinski definition) is 2. The minimum atomic E-state index is -0.350. The van der Waals surface area contributed by atoms with Crippen LogP contribution < -0.4 is 5.32 Å². The highest BCUT2D eigenvalue weighted by atomic mass is 16.6. The molecule has 1 aliphatic rings. The number of nitrogens with one attached hydrogen (secondary N) is 1. The fraction of sp³-hybridized carbons (Fsp3) is 0.571. The minimum Gasteiger partial charge on any atom is -0.442 e. The molecule has 0 aromatic heterocycles. The van der Waals surface area contributed by atoms with Gasteiger partial charge in [-0.25, -0.2) is 4.79 Å². The molecule has 0 saturated carbocycles. The van der Waals surface area contributed by atoms with Crippen molar-refractivity contribution in [3.63, 3.8) is 0 Å². The first-order valence-corrected chi connectivity index (χ1v) is 3.38. The summed E-state index contributed by atoms with van der Waals surface area (Å²) in [4.78, 5) is 10.6. The van der Waals surface area contributed by atoms with E-state index in [4.69, 9.17) is 4.74 Å². The van der Waals surface area contributed by atoms with Gasteiger partial charge in [-0.2, -0.15) is 0 Å². The van der Waals surface area contributed by atoms with Gasteiger partial charge in [0.25, 0.3) is 0 Å². The van der Waals surface area contributed by atoms with E-state index in [9.17, 15) is 4.79 Å². The normalized spacial score (nSPS) is 22.7. The van der Waals surface area contributed by atoms with E-state index in [1.807, 2.05) is 12.2 Å². The van der Waals surface area contributed by atoms with Crippen LogP contribution in [0.3, 0.4) is 0 Å². The van der Waals surface area contributed by atoms with Crippen LogP contribution >= 0.6 is 0 Å². The van der Waals surface area contributed by atoms with E-state index >= 15 is 0 Å². The topological polar surface area (TPSA) is 38.3 Å². The van der Waals surface area contributed by atoms with Gasteiger partial charge in [0.15, 0.2) is 0 Å². The summed E-state index contributed by atoms with van der Waals surface area (Å²) in [6.45, 7) is 0. The highest BCUT2D eigenvalue weighted by Gasteiger charge is 2.12. The molecule has 0 aromatic rings. The van der Waals surface area contributed by atoms with Crippen molar-refractivity contribution >= 4 is 6.09 Å². The molecule has 3 nitrogen and oxygen atoms in total. The van der Waals surface area contributed by atoms with E-state index in [2.05, 4.69) is 5.32 Å². The summed E-state index contributed by atoms with van der Waals surface area (Å²) in [6, 6.07) is 0. The van der Waals surface area contributed by atoms with Crippen LogP contribution in [0.1, 0.15) is 12.8 Å². The molecule has 0 heterocycles. The quantitative estimate of drug-likeness (QED) is 0.554. The molecular weight excluding hydrogens is 130 g/mol. The van der Waals surface area contributed by atoms with E-state index < -0.39 is 0 Å². The van der Waals surface area contributed by atoms with Gasteiger partial charge in [-0.1, -0.05) is 6.08 Å². The maximum absolute atomic E-state index is 10.6. The number of hydrogen-bond donors (Lipinski definition) is 1. The Kier molecular flexibility index (Phi) is 2.31. The van der Waals surface area contributed by atoms with Crippen LogP contribution in [0.5, 0.6) is 0 Å². The van der Waals surface area contributed by atoms with Gasteiger partial charge in [-0.15, -0.1) is 0 Å². The summed E-state index contributed by atoms with van der Waals surface area (Å²) in [6.07, 6.45) is 5.52. The molecule has 1 rings (SSSR count). The molecule has 0 saturated heterocycles. The SMILES string of the molecule is CNC(=O)O[C@H]1C=CCC1. The summed E-state index contributed by atoms with van der Waals surface area (Å²) in [7, 11) is 1.56. The highest BCUT2D eigenvalue weighted by Crippen LogP contribution is 2.12. The standard InChI is InChI=1S/C7H11NO2/c1-8-7(9)10-6-4-2-3-5-6/h2,4,6H,3,5H2,1H3,(H,8,9)/t6-/m0/s1. The highest BCUT2D eigenvalue weighted by molar-refractivity contribution is 5.67. The Labute approximate surface area is 60.1 Å². The van der Waals surface area contributed by atoms with Crippen LogP contribution in [0.2, 0.25) is 0 Å². The van der Waals surface area contributed by atoms with E-state index in [0.29, 0.717) is 0 Å². The summed E-state index contributed by atoms with van der Waals surface area (Å²) in [5, 5.41) is 2.40. The van der Waals surface area contributed by atoms with E-state index in [1.165, 1.54) is 0 Å². The van der Waals surface area contributed by atoms with Gasteiger partial charge in [0.05, 0.1) is 0 Å². The van der Waals surface area contributed by atoms with Gasteiger partial charge < -0.3 is 10.1 Å². The fourth-order valence-electron chi connectivity index (χ4n) is 0.899. The Morgan fingerprint density at radius 1 is 1.80 bits per heavy atom. The summed E-state index contributed by atoms with van der Waals surface area (Å²) >= 11 is 0. The van der Waals surface area contributed by atoms with E-state index in [-0.39, 0.29) is 12.2 Å². The zero-order valence-corrected chi connectivity index (χ0v) is 5.96. The molecule has 0 fully saturated rings. The monoisotopic (exact) mass is 141 g/mol. The van der Waals surface area contributed by atoms with Gasteiger partial charge in [-0.3, -0.25) is 0 Å². The summed E-state index contributed by atoms with van der Waals surface area (Å²) in [5.74, 6) is 0. The van der Waals surface area contributed by atoms with Crippen LogP contribution in [0, 0.1) is 0 Å². The van der Waals surface area contributed by atoms with Crippen molar-refractivity contribution in [2.45, 2.75) is 18.9 Å². The number of alkyl carbamates (subject to hydrolysis) is 1. The third-order valence-corrected chi connectivity index (χ3v) is 1.43. The Balaban J connectivity index is 2.24. The molecule has 3 heteroatoms. The lowest BCUT2D eigenvalue weighted by molar-refractivity contribution is 0.121. The molecule has 1 aliphatic carbocycles. The molecule has 10 heavy (non-hydrogen) atoms. The third-order valence-electron chi connectivity index (χ3n) is 1.43. The van der Waals surface area contributed by atoms with Crippen molar-refractivity contribution in [1.29, 1.82) is 0 Å². The molecule has 0 bridgehead atoms. The number of rotatable bonds is 1. The van der Waals surface area contributed by atoms with Crippen LogP contribution in [-0.2, 0) is 4.74 Å². The Morgan fingerprint density at radius 2 is 2.60 bits per heavy atom. The number of carbonyl (C=O) groups excluding carboxylic acids is 1. The molecule has 0 aliphatic heterocycles. The average Bonchev–Trinajstić information content (AvgIpc) is 2.40. The fourth-order valence-corrected chi connectivity index (χ4v) is 0.899. The van der Waals surface area contributed by atoms with Crippen LogP contribution in [0.4, 0.5) is 4.79 Å². The molecule has 1 amide bonds. The van der Waals surface area contributed by atoms with Crippen molar-refractivity contribution in [2.24, 2.45) is 0 Å². The van der Waals surface area contributed by atoms with Crippen LogP contribution in [0.15, 0.2) is 12.2 Å². The molecule has 0 spiro atoms. The zero-order chi connectivity index (χ0) is 7.40. The molecule has 0 radical (unpaired) electrons. The maximum Gasteiger partial charge on any atom is 0.407 e. The largest absolute Gasteiger partial charge is 0.442 e. The molecule has 56 valence electrons. The second-order valence-corrected chi connectivity index (χ2v) is 2.20. The van der Waals surface area contributed by atoms with E-state index in [1.54, 1.807) is 7.05 Å². The first-order chi connectivity index (χ1) is 4.83. The van der Waals surface area contributed by atoms with Gasteiger partial charge in [0.1, 0.15) is 6.10 Å². The van der Waals surface area contributed by atoms with Gasteiger partial charge in [0, 0.05) is 7.05 Å². The lowest BCUT2D eigenvalue weighted by Crippen LogP contribution is -2.23. The Hall–Kier alpha value is -0.990. The smallest absolute Gasteiger partial charge is 0.407 e. The van der Waals surface area contributed by atoms with Crippen LogP contribution in [-0.4, -0.2) is 19.2 Å². The van der Waals surface area contributed by atoms with Crippen molar-refractivity contribution in [3.05, 3.63) is 12.2 Å². The lowest BCUT2D eigenvalue weighted by Gasteiger charge is -2.08. The van der Waals surface area contributed by atoms with Crippen molar-refractivity contribution in [1.82, 2.24) is 5.32 Å². The second-order valence-electron chi connectivity index (χ2n) is 2.20. The number of carbonyl (C=O) groups is 1. The van der Waals surface area contributed by atoms with Crippen molar-refractivity contribution in [2.75, 3.05) is 7.05 Å². The Bertz CT molecular complexity index is 154. The average molecular weight is 141 g/mol. The van der Waals surface area contributed by atoms with E-state index in [0.717, 1.165) is 12.8 Å². The van der Waals surface area contributed by atoms with Gasteiger partial charge >= 0.3 is 6.09 Å². The molecule has 0 unspecified atom stereocenters. The predicted molar refractivity (Wildman–Crippen MR) is 37.7 cm³/mol. The molecule has 1 atom stereocenters. The number of ether oxygens (including phenoxy) is 1. The predicted octanol–water partition coefficient (Wildman–Crippen LogP) is 1.06. The first-order valence-electron chi connectivity index (χ1n) is 3.38. The molecular formula is C7H11NO2. The minimum absolute atomic E-state index is 0.0000463. The van der Waals surface area contributed by atoms with Gasteiger partial charge in [-0.05, 0) is 18.9 Å². The number of amides is 1. The lowest BCUT2D eigenvalue weighted by atomic mass is 10.3. The number of allylic oxidation sites excluding steroid dienone is 1. The van der Waals surface area contributed by atoms with Crippen LogP contribution in [0.25, 0.3) is 0 Å². The van der Waals surface area contributed by atoms with Crippen molar-refractivity contribution < 1.29 is 9.53 Å². The third kappa shape index (κ3) is 1.76. The Morgan fingerprint density at radius 3 is 3.10 bits per heavy atom. The zero-order valence-electron chi connectivity index (χ0n) is 5.96. The molecule has 1 N–H and O–H groups in total. The van der Waals surface area contributed by atoms with Gasteiger partial charge in [0.2, 0.25) is 0 Å². The molecule has 0 aromatic carbocycles.